The van der Waals surface area contributed by atoms with Crippen LogP contribution in [0.5, 0.6) is 0 Å². The molecule has 0 unspecified atom stereocenters. The van der Waals surface area contributed by atoms with E-state index < -0.39 is 41.9 Å². The van der Waals surface area contributed by atoms with Crippen LogP contribution in [0.15, 0.2) is 54.7 Å². The standard InChI is InChI=1S/C28H33F3N6O2.2C2HF3O2/c1-5-37(6-2)14-13-33-26(38)19-11-12-22(18(3)15-19)36-25-16-24(21(17-34-25)28(29,30)31)35-23-10-8-7-9-20(23)27(39)32-4;2*3-2(4,5)1(6)7/h7-12,15-17H,5-6,13-14H2,1-4H3,(H,32,39)(H,33,38)(H2,34,35,36);2*(H,6,7). The van der Waals surface area contributed by atoms with Crippen LogP contribution in [0.25, 0.3) is 0 Å². The maximum Gasteiger partial charge on any atom is 0.490 e. The van der Waals surface area contributed by atoms with Gasteiger partial charge in [-0.25, -0.2) is 14.6 Å². The Hall–Kier alpha value is -5.60. The summed E-state index contributed by atoms with van der Waals surface area (Å²) in [6.07, 6.45) is -14.1. The van der Waals surface area contributed by atoms with Gasteiger partial charge in [-0.1, -0.05) is 26.0 Å². The van der Waals surface area contributed by atoms with Gasteiger partial charge in [-0.3, -0.25) is 9.59 Å². The molecule has 12 nitrogen and oxygen atoms in total. The van der Waals surface area contributed by atoms with E-state index in [9.17, 15) is 49.1 Å². The van der Waals surface area contributed by atoms with Gasteiger partial charge in [-0.2, -0.15) is 39.5 Å². The SMILES string of the molecule is CCN(CC)CCNC(=O)c1ccc(Nc2cc(Nc3ccccc3C(=O)NC)c(C(F)(F)F)cn2)c(C)c1.O=C(O)C(F)(F)F.O=C(O)C(F)(F)F. The molecule has 1 heterocycles. The van der Waals surface area contributed by atoms with E-state index in [1.165, 1.54) is 25.2 Å². The van der Waals surface area contributed by atoms with Crippen LogP contribution in [0, 0.1) is 6.92 Å². The molecule has 0 aliphatic carbocycles. The zero-order chi connectivity index (χ0) is 40.7. The average Bonchev–Trinajstić information content (AvgIpc) is 3.06. The first-order chi connectivity index (χ1) is 24.5. The van der Waals surface area contributed by atoms with Crippen LogP contribution >= 0.6 is 0 Å². The lowest BCUT2D eigenvalue weighted by Crippen LogP contribution is -2.34. The van der Waals surface area contributed by atoms with Crippen molar-refractivity contribution < 1.29 is 68.9 Å². The third-order valence-corrected chi connectivity index (χ3v) is 6.72. The van der Waals surface area contributed by atoms with Gasteiger partial charge in [0.05, 0.1) is 22.5 Å². The highest BCUT2D eigenvalue weighted by Gasteiger charge is 2.39. The van der Waals surface area contributed by atoms with Gasteiger partial charge < -0.3 is 36.4 Å². The summed E-state index contributed by atoms with van der Waals surface area (Å²) < 4.78 is 105. The van der Waals surface area contributed by atoms with Crippen molar-refractivity contribution in [1.29, 1.82) is 0 Å². The molecular weight excluding hydrogens is 735 g/mol. The third kappa shape index (κ3) is 15.3. The number of amides is 2. The molecule has 21 heteroatoms. The normalized spacial score (nSPS) is 11.3. The maximum atomic E-state index is 13.8. The number of carbonyl (C=O) groups is 4. The van der Waals surface area contributed by atoms with Gasteiger partial charge >= 0.3 is 30.5 Å². The minimum absolute atomic E-state index is 0.155. The number of anilines is 4. The highest BCUT2D eigenvalue weighted by atomic mass is 19.4. The van der Waals surface area contributed by atoms with Crippen molar-refractivity contribution in [2.24, 2.45) is 0 Å². The quantitative estimate of drug-likeness (QED) is 0.117. The summed E-state index contributed by atoms with van der Waals surface area (Å²) in [7, 11) is 1.44. The molecule has 3 rings (SSSR count). The van der Waals surface area contributed by atoms with Crippen LogP contribution in [0.4, 0.5) is 62.4 Å². The Bertz CT molecular complexity index is 1690. The van der Waals surface area contributed by atoms with Gasteiger partial charge in [-0.15, -0.1) is 0 Å². The lowest BCUT2D eigenvalue weighted by atomic mass is 10.1. The van der Waals surface area contributed by atoms with Gasteiger partial charge in [0, 0.05) is 43.7 Å². The minimum atomic E-state index is -5.08. The van der Waals surface area contributed by atoms with Crippen LogP contribution in [0.3, 0.4) is 0 Å². The molecule has 53 heavy (non-hydrogen) atoms. The molecule has 0 saturated carbocycles. The number of halogens is 9. The Balaban J connectivity index is 0.000000845. The Kier molecular flexibility index (Phi) is 17.0. The van der Waals surface area contributed by atoms with E-state index in [0.29, 0.717) is 23.4 Å². The smallest absolute Gasteiger partial charge is 0.475 e. The molecule has 2 amide bonds. The highest BCUT2D eigenvalue weighted by molar-refractivity contribution is 6.00. The molecule has 0 atom stereocenters. The summed E-state index contributed by atoms with van der Waals surface area (Å²) in [5.74, 6) is -6.00. The van der Waals surface area contributed by atoms with Crippen LogP contribution in [-0.2, 0) is 15.8 Å². The highest BCUT2D eigenvalue weighted by Crippen LogP contribution is 2.38. The van der Waals surface area contributed by atoms with Crippen molar-refractivity contribution in [3.8, 4) is 0 Å². The monoisotopic (exact) mass is 770 g/mol. The van der Waals surface area contributed by atoms with E-state index in [1.807, 2.05) is 0 Å². The van der Waals surface area contributed by atoms with Crippen molar-refractivity contribution in [1.82, 2.24) is 20.5 Å². The molecule has 0 saturated heterocycles. The van der Waals surface area contributed by atoms with E-state index >= 15 is 0 Å². The zero-order valence-electron chi connectivity index (χ0n) is 28.3. The molecule has 292 valence electrons. The number of carboxylic acids is 2. The number of hydrogen-bond acceptors (Lipinski definition) is 8. The summed E-state index contributed by atoms with van der Waals surface area (Å²) in [5.41, 5.74) is 0.942. The second-order valence-corrected chi connectivity index (χ2v) is 10.4. The predicted octanol–water partition coefficient (Wildman–Crippen LogP) is 6.59. The fourth-order valence-corrected chi connectivity index (χ4v) is 3.98. The predicted molar refractivity (Wildman–Crippen MR) is 174 cm³/mol. The van der Waals surface area contributed by atoms with Crippen LogP contribution in [0.1, 0.15) is 45.7 Å². The molecular formula is C32H35F9N6O6. The van der Waals surface area contributed by atoms with Gasteiger partial charge in [0.2, 0.25) is 0 Å². The van der Waals surface area contributed by atoms with E-state index in [1.54, 1.807) is 37.3 Å². The van der Waals surface area contributed by atoms with Crippen LogP contribution in [0.2, 0.25) is 0 Å². The van der Waals surface area contributed by atoms with Crippen molar-refractivity contribution >= 4 is 46.6 Å². The summed E-state index contributed by atoms with van der Waals surface area (Å²) in [5, 5.41) is 25.4. The molecule has 0 bridgehead atoms. The summed E-state index contributed by atoms with van der Waals surface area (Å²) in [6, 6.07) is 12.5. The van der Waals surface area contributed by atoms with Crippen LogP contribution in [-0.4, -0.2) is 89.4 Å². The number of likely N-dealkylation sites (N-methyl/N-ethyl adjacent to an activating group) is 1. The Morgan fingerprint density at radius 2 is 1.30 bits per heavy atom. The summed E-state index contributed by atoms with van der Waals surface area (Å²) in [4.78, 5) is 48.7. The molecule has 6 N–H and O–H groups in total. The van der Waals surface area contributed by atoms with E-state index in [-0.39, 0.29) is 28.7 Å². The number of alkyl halides is 9. The first kappa shape index (κ1) is 45.4. The summed E-state index contributed by atoms with van der Waals surface area (Å²) in [6.45, 7) is 9.00. The fraction of sp³-hybridized carbons (Fsp3) is 0.344. The number of para-hydroxylation sites is 1. The van der Waals surface area contributed by atoms with Crippen LogP contribution < -0.4 is 21.3 Å². The van der Waals surface area contributed by atoms with E-state index in [0.717, 1.165) is 25.8 Å². The Morgan fingerprint density at radius 1 is 0.755 bits per heavy atom. The molecule has 0 aliphatic heterocycles. The maximum absolute atomic E-state index is 13.8. The van der Waals surface area contributed by atoms with Gasteiger partial charge in [-0.05, 0) is 55.9 Å². The van der Waals surface area contributed by atoms with Crippen molar-refractivity contribution in [2.75, 3.05) is 43.9 Å². The Morgan fingerprint density at radius 3 is 1.77 bits per heavy atom. The molecule has 1 aromatic heterocycles. The molecule has 0 spiro atoms. The number of benzene rings is 2. The number of pyridine rings is 1. The number of hydrogen-bond donors (Lipinski definition) is 6. The Labute approximate surface area is 296 Å². The van der Waals surface area contributed by atoms with Gasteiger partial charge in [0.15, 0.2) is 0 Å². The van der Waals surface area contributed by atoms with Gasteiger partial charge in [0.25, 0.3) is 11.8 Å². The molecule has 2 aromatic carbocycles. The number of carbonyl (C=O) groups excluding carboxylic acids is 2. The number of rotatable bonds is 11. The lowest BCUT2D eigenvalue weighted by molar-refractivity contribution is -0.193. The number of carboxylic acid groups (broad SMARTS) is 2. The molecule has 0 radical (unpaired) electrons. The van der Waals surface area contributed by atoms with E-state index in [2.05, 4.69) is 45.0 Å². The van der Waals surface area contributed by atoms with Crippen molar-refractivity contribution in [3.63, 3.8) is 0 Å². The molecule has 3 aromatic rings. The summed E-state index contributed by atoms with van der Waals surface area (Å²) >= 11 is 0. The fourth-order valence-electron chi connectivity index (χ4n) is 3.98. The molecule has 0 fully saturated rings. The second kappa shape index (κ2) is 19.9. The lowest BCUT2D eigenvalue weighted by Gasteiger charge is -2.18. The first-order valence-electron chi connectivity index (χ1n) is 15.1. The number of aromatic nitrogens is 1. The topological polar surface area (TPSA) is 173 Å². The number of aliphatic carboxylic acids is 2. The van der Waals surface area contributed by atoms with Gasteiger partial charge in [0.1, 0.15) is 5.82 Å². The number of aryl methyl sites for hydroxylation is 1. The minimum Gasteiger partial charge on any atom is -0.475 e. The second-order valence-electron chi connectivity index (χ2n) is 10.4. The largest absolute Gasteiger partial charge is 0.490 e. The van der Waals surface area contributed by atoms with E-state index in [4.69, 9.17) is 19.8 Å². The first-order valence-corrected chi connectivity index (χ1v) is 15.1. The number of nitrogens with one attached hydrogen (secondary N) is 4. The zero-order valence-corrected chi connectivity index (χ0v) is 28.3. The van der Waals surface area contributed by atoms with Crippen molar-refractivity contribution in [3.05, 3.63) is 77.0 Å². The van der Waals surface area contributed by atoms with Crippen molar-refractivity contribution in [2.45, 2.75) is 39.3 Å². The third-order valence-electron chi connectivity index (χ3n) is 6.72. The average molecular weight is 771 g/mol. The molecule has 0 aliphatic rings. The number of nitrogens with zero attached hydrogens (tertiary/aromatic N) is 2.